The van der Waals surface area contributed by atoms with Gasteiger partial charge in [-0.1, -0.05) is 12.1 Å². The third kappa shape index (κ3) is 6.30. The summed E-state index contributed by atoms with van der Waals surface area (Å²) in [6.07, 6.45) is 2.44. The SMILES string of the molecule is CCNC(=NCc1coc(-c2cccs2)n1)NCCc1ccc(F)cc1C.I. The normalized spacial score (nSPS) is 11.2. The third-order valence-corrected chi connectivity index (χ3v) is 4.88. The largest absolute Gasteiger partial charge is 0.443 e. The van der Waals surface area contributed by atoms with Gasteiger partial charge in [-0.25, -0.2) is 14.4 Å². The number of hydrogen-bond acceptors (Lipinski definition) is 4. The summed E-state index contributed by atoms with van der Waals surface area (Å²) in [5.74, 6) is 1.14. The van der Waals surface area contributed by atoms with Crippen LogP contribution in [0, 0.1) is 12.7 Å². The topological polar surface area (TPSA) is 62.5 Å². The number of oxazole rings is 1. The molecular formula is C20H24FIN4OS. The molecule has 0 fully saturated rings. The molecule has 5 nitrogen and oxygen atoms in total. The van der Waals surface area contributed by atoms with Crippen LogP contribution in [0.15, 0.2) is 51.4 Å². The zero-order valence-electron chi connectivity index (χ0n) is 15.9. The van der Waals surface area contributed by atoms with E-state index in [9.17, 15) is 4.39 Å². The van der Waals surface area contributed by atoms with Crippen LogP contribution < -0.4 is 10.6 Å². The summed E-state index contributed by atoms with van der Waals surface area (Å²) in [4.78, 5) is 10.0. The summed E-state index contributed by atoms with van der Waals surface area (Å²) >= 11 is 1.59. The van der Waals surface area contributed by atoms with Gasteiger partial charge >= 0.3 is 0 Å². The van der Waals surface area contributed by atoms with Crippen molar-refractivity contribution < 1.29 is 8.81 Å². The van der Waals surface area contributed by atoms with Crippen molar-refractivity contribution in [2.24, 2.45) is 4.99 Å². The highest BCUT2D eigenvalue weighted by Gasteiger charge is 2.07. The van der Waals surface area contributed by atoms with Crippen molar-refractivity contribution in [2.75, 3.05) is 13.1 Å². The van der Waals surface area contributed by atoms with Crippen LogP contribution in [-0.4, -0.2) is 24.0 Å². The molecule has 1 aromatic carbocycles. The Kier molecular flexibility index (Phi) is 8.91. The van der Waals surface area contributed by atoms with Crippen molar-refractivity contribution >= 4 is 41.3 Å². The molecule has 2 N–H and O–H groups in total. The molecule has 0 saturated heterocycles. The molecule has 2 heterocycles. The van der Waals surface area contributed by atoms with Crippen molar-refractivity contribution in [1.82, 2.24) is 15.6 Å². The molecule has 0 amide bonds. The molecule has 0 saturated carbocycles. The lowest BCUT2D eigenvalue weighted by atomic mass is 10.1. The summed E-state index contributed by atoms with van der Waals surface area (Å²) in [6.45, 7) is 5.85. The number of aliphatic imine (C=N–C) groups is 1. The van der Waals surface area contributed by atoms with Gasteiger partial charge in [0.1, 0.15) is 17.8 Å². The first-order valence-corrected chi connectivity index (χ1v) is 9.79. The Morgan fingerprint density at radius 3 is 2.86 bits per heavy atom. The van der Waals surface area contributed by atoms with Crippen LogP contribution in [-0.2, 0) is 13.0 Å². The van der Waals surface area contributed by atoms with Gasteiger partial charge in [0.15, 0.2) is 5.96 Å². The third-order valence-electron chi connectivity index (χ3n) is 4.02. The second kappa shape index (κ2) is 11.2. The highest BCUT2D eigenvalue weighted by Crippen LogP contribution is 2.23. The van der Waals surface area contributed by atoms with Crippen molar-refractivity contribution in [2.45, 2.75) is 26.8 Å². The predicted molar refractivity (Wildman–Crippen MR) is 123 cm³/mol. The molecule has 3 aromatic rings. The molecule has 0 aliphatic carbocycles. The van der Waals surface area contributed by atoms with Gasteiger partial charge in [0, 0.05) is 13.1 Å². The molecule has 3 rings (SSSR count). The summed E-state index contributed by atoms with van der Waals surface area (Å²) < 4.78 is 18.7. The second-order valence-corrected chi connectivity index (χ2v) is 7.01. The van der Waals surface area contributed by atoms with Gasteiger partial charge in [0.25, 0.3) is 0 Å². The number of benzene rings is 1. The van der Waals surface area contributed by atoms with Crippen molar-refractivity contribution in [3.05, 3.63) is 64.6 Å². The van der Waals surface area contributed by atoms with E-state index in [1.54, 1.807) is 23.7 Å². The number of nitrogens with zero attached hydrogens (tertiary/aromatic N) is 2. The van der Waals surface area contributed by atoms with Crippen LogP contribution in [0.2, 0.25) is 0 Å². The van der Waals surface area contributed by atoms with Gasteiger partial charge in [-0.05, 0) is 55.0 Å². The minimum atomic E-state index is -0.200. The van der Waals surface area contributed by atoms with Crippen LogP contribution in [0.1, 0.15) is 23.7 Å². The van der Waals surface area contributed by atoms with Crippen LogP contribution >= 0.6 is 35.3 Å². The van der Waals surface area contributed by atoms with Gasteiger partial charge in [-0.3, -0.25) is 0 Å². The maximum atomic E-state index is 13.2. The number of aromatic nitrogens is 1. The number of halogens is 2. The number of aryl methyl sites for hydroxylation is 1. The van der Waals surface area contributed by atoms with Crippen molar-refractivity contribution in [3.63, 3.8) is 0 Å². The summed E-state index contributed by atoms with van der Waals surface area (Å²) in [7, 11) is 0. The maximum Gasteiger partial charge on any atom is 0.236 e. The van der Waals surface area contributed by atoms with E-state index in [0.29, 0.717) is 19.0 Å². The van der Waals surface area contributed by atoms with Crippen molar-refractivity contribution in [1.29, 1.82) is 0 Å². The van der Waals surface area contributed by atoms with E-state index in [1.165, 1.54) is 6.07 Å². The maximum absolute atomic E-state index is 13.2. The molecular weight excluding hydrogens is 490 g/mol. The number of hydrogen-bond donors (Lipinski definition) is 2. The Balaban J connectivity index is 0.00000280. The lowest BCUT2D eigenvalue weighted by molar-refractivity contribution is 0.574. The van der Waals surface area contributed by atoms with E-state index in [1.807, 2.05) is 37.4 Å². The molecule has 0 bridgehead atoms. The number of rotatable bonds is 7. The monoisotopic (exact) mass is 514 g/mol. The number of thiophene rings is 1. The first-order valence-electron chi connectivity index (χ1n) is 8.91. The Bertz CT molecular complexity index is 896. The highest BCUT2D eigenvalue weighted by molar-refractivity contribution is 14.0. The van der Waals surface area contributed by atoms with Crippen LogP contribution in [0.5, 0.6) is 0 Å². The Morgan fingerprint density at radius 2 is 2.14 bits per heavy atom. The molecule has 28 heavy (non-hydrogen) atoms. The zero-order valence-corrected chi connectivity index (χ0v) is 19.0. The fourth-order valence-electron chi connectivity index (χ4n) is 2.65. The molecule has 0 spiro atoms. The average molecular weight is 514 g/mol. The minimum Gasteiger partial charge on any atom is -0.443 e. The van der Waals surface area contributed by atoms with E-state index in [-0.39, 0.29) is 29.8 Å². The fraction of sp³-hybridized carbons (Fsp3) is 0.300. The Morgan fingerprint density at radius 1 is 1.29 bits per heavy atom. The molecule has 0 radical (unpaired) electrons. The van der Waals surface area contributed by atoms with Crippen LogP contribution in [0.3, 0.4) is 0 Å². The molecule has 150 valence electrons. The van der Waals surface area contributed by atoms with E-state index < -0.39 is 0 Å². The van der Waals surface area contributed by atoms with Crippen LogP contribution in [0.4, 0.5) is 4.39 Å². The summed E-state index contributed by atoms with van der Waals surface area (Å²) in [5.41, 5.74) is 2.87. The first-order chi connectivity index (χ1) is 13.2. The van der Waals surface area contributed by atoms with E-state index in [2.05, 4.69) is 20.6 Å². The van der Waals surface area contributed by atoms with Gasteiger partial charge in [0.2, 0.25) is 5.89 Å². The fourth-order valence-corrected chi connectivity index (χ4v) is 3.31. The highest BCUT2D eigenvalue weighted by atomic mass is 127. The quantitative estimate of drug-likeness (QED) is 0.271. The molecule has 2 aromatic heterocycles. The zero-order chi connectivity index (χ0) is 19.1. The molecule has 0 unspecified atom stereocenters. The molecule has 0 atom stereocenters. The predicted octanol–water partition coefficient (Wildman–Crippen LogP) is 4.77. The number of guanidine groups is 1. The molecule has 0 aliphatic heterocycles. The second-order valence-electron chi connectivity index (χ2n) is 6.06. The average Bonchev–Trinajstić information content (AvgIpc) is 3.33. The van der Waals surface area contributed by atoms with Gasteiger partial charge in [-0.2, -0.15) is 0 Å². The van der Waals surface area contributed by atoms with Gasteiger partial charge in [0.05, 0.1) is 11.4 Å². The standard InChI is InChI=1S/C20H23FN4OS.HI/c1-3-22-20(23-9-8-15-6-7-16(21)11-14(15)2)24-12-17-13-26-19(25-17)18-5-4-10-27-18;/h4-7,10-11,13H,3,8-9,12H2,1-2H3,(H2,22,23,24);1H. The number of nitrogens with one attached hydrogen (secondary N) is 2. The summed E-state index contributed by atoms with van der Waals surface area (Å²) in [6, 6.07) is 8.84. The first kappa shape index (κ1) is 22.4. The van der Waals surface area contributed by atoms with Crippen LogP contribution in [0.25, 0.3) is 10.8 Å². The smallest absolute Gasteiger partial charge is 0.236 e. The van der Waals surface area contributed by atoms with E-state index in [4.69, 9.17) is 4.42 Å². The van der Waals surface area contributed by atoms with Gasteiger partial charge < -0.3 is 15.1 Å². The molecule has 8 heteroatoms. The van der Waals surface area contributed by atoms with Crippen molar-refractivity contribution in [3.8, 4) is 10.8 Å². The summed E-state index contributed by atoms with van der Waals surface area (Å²) in [5, 5.41) is 8.52. The van der Waals surface area contributed by atoms with E-state index in [0.717, 1.165) is 40.6 Å². The lowest BCUT2D eigenvalue weighted by Gasteiger charge is -2.12. The van der Waals surface area contributed by atoms with E-state index >= 15 is 0 Å². The Labute approximate surface area is 185 Å². The lowest BCUT2D eigenvalue weighted by Crippen LogP contribution is -2.38. The minimum absolute atomic E-state index is 0. The van der Waals surface area contributed by atoms with Gasteiger partial charge in [-0.15, -0.1) is 35.3 Å². The Hall–Kier alpha value is -1.94. The molecule has 0 aliphatic rings.